The maximum atomic E-state index is 12.5. The fourth-order valence-corrected chi connectivity index (χ4v) is 4.09. The minimum Gasteiger partial charge on any atom is -0.435 e. The summed E-state index contributed by atoms with van der Waals surface area (Å²) in [4.78, 5) is 29.7. The summed E-state index contributed by atoms with van der Waals surface area (Å²) < 4.78 is 30.6. The number of rotatable bonds is 7. The molecule has 4 aromatic rings. The van der Waals surface area contributed by atoms with Gasteiger partial charge >= 0.3 is 6.61 Å². The van der Waals surface area contributed by atoms with Gasteiger partial charge in [-0.1, -0.05) is 12.1 Å². The molecule has 0 bridgehead atoms. The van der Waals surface area contributed by atoms with Crippen LogP contribution >= 0.6 is 11.3 Å². The predicted molar refractivity (Wildman–Crippen MR) is 118 cm³/mol. The highest BCUT2D eigenvalue weighted by atomic mass is 32.1. The third-order valence-electron chi connectivity index (χ3n) is 4.71. The van der Waals surface area contributed by atoms with Crippen LogP contribution in [0.2, 0.25) is 0 Å². The van der Waals surface area contributed by atoms with E-state index in [-0.39, 0.29) is 23.5 Å². The van der Waals surface area contributed by atoms with E-state index in [9.17, 15) is 18.4 Å². The normalized spacial score (nSPS) is 11.1. The highest BCUT2D eigenvalue weighted by Gasteiger charge is 2.13. The van der Waals surface area contributed by atoms with Gasteiger partial charge in [0.1, 0.15) is 5.75 Å². The number of hydrogen-bond acceptors (Lipinski definition) is 6. The molecule has 0 saturated heterocycles. The lowest BCUT2D eigenvalue weighted by atomic mass is 10.1. The molecule has 2 heterocycles. The molecule has 1 amide bonds. The molecule has 0 fully saturated rings. The Kier molecular flexibility index (Phi) is 6.22. The number of benzene rings is 2. The first-order chi connectivity index (χ1) is 15.4. The van der Waals surface area contributed by atoms with Crippen LogP contribution in [-0.2, 0) is 11.3 Å². The van der Waals surface area contributed by atoms with Crippen molar-refractivity contribution in [3.63, 3.8) is 0 Å². The average molecular weight is 456 g/mol. The summed E-state index contributed by atoms with van der Waals surface area (Å²) in [6.45, 7) is -0.716. The van der Waals surface area contributed by atoms with E-state index in [1.165, 1.54) is 29.7 Å². The molecule has 7 nitrogen and oxygen atoms in total. The molecule has 0 aliphatic heterocycles. The molecule has 0 unspecified atom stereocenters. The minimum absolute atomic E-state index is 0.0637. The molecular formula is C22H18F2N4O3S. The fourth-order valence-electron chi connectivity index (χ4n) is 3.24. The molecule has 0 aliphatic carbocycles. The summed E-state index contributed by atoms with van der Waals surface area (Å²) in [6.07, 6.45) is 1.39. The standard InChI is InChI=1S/C22H18F2N4O3S/c1-13-20(14-6-8-15(9-7-14)31-21(23)24)27-22(32-13)26-19(30)10-11-28-17-5-3-2-4-16(17)18(29)12-25-28/h2-9,12,21H,10-11H2,1H3,(H,26,27,30). The molecule has 0 saturated carbocycles. The number of anilines is 1. The largest absolute Gasteiger partial charge is 0.435 e. The number of ether oxygens (including phenoxy) is 1. The summed E-state index contributed by atoms with van der Waals surface area (Å²) in [5, 5.41) is 7.89. The maximum absolute atomic E-state index is 12.5. The lowest BCUT2D eigenvalue weighted by Crippen LogP contribution is -2.17. The summed E-state index contributed by atoms with van der Waals surface area (Å²) in [7, 11) is 0. The van der Waals surface area contributed by atoms with E-state index in [0.717, 1.165) is 10.4 Å². The Labute approximate surface area is 185 Å². The number of thiazole rings is 1. The lowest BCUT2D eigenvalue weighted by molar-refractivity contribution is -0.116. The van der Waals surface area contributed by atoms with E-state index in [2.05, 4.69) is 20.1 Å². The van der Waals surface area contributed by atoms with Crippen LogP contribution in [0.1, 0.15) is 11.3 Å². The Morgan fingerprint density at radius 1 is 1.19 bits per heavy atom. The number of hydrogen-bond donors (Lipinski definition) is 1. The zero-order chi connectivity index (χ0) is 22.7. The van der Waals surface area contributed by atoms with Gasteiger partial charge in [0.2, 0.25) is 11.3 Å². The van der Waals surface area contributed by atoms with Crippen LogP contribution in [0.25, 0.3) is 22.2 Å². The highest BCUT2D eigenvalue weighted by Crippen LogP contribution is 2.31. The SMILES string of the molecule is Cc1sc(NC(=O)CCn2ncc(=O)c3ccccc32)nc1-c1ccc(OC(F)F)cc1. The molecule has 0 atom stereocenters. The van der Waals surface area contributed by atoms with Gasteiger partial charge < -0.3 is 10.1 Å². The van der Waals surface area contributed by atoms with Gasteiger partial charge in [-0.2, -0.15) is 13.9 Å². The van der Waals surface area contributed by atoms with Crippen molar-refractivity contribution in [3.8, 4) is 17.0 Å². The number of nitrogens with one attached hydrogen (secondary N) is 1. The molecule has 10 heteroatoms. The zero-order valence-corrected chi connectivity index (χ0v) is 17.7. The van der Waals surface area contributed by atoms with E-state index in [0.29, 0.717) is 28.3 Å². The first-order valence-electron chi connectivity index (χ1n) is 9.68. The monoisotopic (exact) mass is 456 g/mol. The number of nitrogens with zero attached hydrogens (tertiary/aromatic N) is 3. The quantitative estimate of drug-likeness (QED) is 0.444. The number of halogens is 2. The van der Waals surface area contributed by atoms with Crippen LogP contribution in [0.4, 0.5) is 13.9 Å². The molecule has 2 aromatic carbocycles. The molecule has 32 heavy (non-hydrogen) atoms. The number of carbonyl (C=O) groups is 1. The van der Waals surface area contributed by atoms with Gasteiger partial charge in [0.25, 0.3) is 0 Å². The van der Waals surface area contributed by atoms with Crippen molar-refractivity contribution in [3.05, 3.63) is 69.8 Å². The van der Waals surface area contributed by atoms with Crippen molar-refractivity contribution in [1.29, 1.82) is 0 Å². The third kappa shape index (κ3) is 4.80. The molecule has 2 aromatic heterocycles. The predicted octanol–water partition coefficient (Wildman–Crippen LogP) is 4.46. The second-order valence-corrected chi connectivity index (χ2v) is 8.08. The molecule has 0 spiro atoms. The summed E-state index contributed by atoms with van der Waals surface area (Å²) in [5.41, 5.74) is 1.88. The average Bonchev–Trinajstić information content (AvgIpc) is 3.13. The number of amides is 1. The van der Waals surface area contributed by atoms with Crippen molar-refractivity contribution >= 4 is 33.3 Å². The van der Waals surface area contributed by atoms with Crippen LogP contribution < -0.4 is 15.5 Å². The van der Waals surface area contributed by atoms with Gasteiger partial charge in [-0.15, -0.1) is 11.3 Å². The van der Waals surface area contributed by atoms with E-state index in [1.807, 2.05) is 13.0 Å². The number of alkyl halides is 2. The van der Waals surface area contributed by atoms with Crippen molar-refractivity contribution in [2.45, 2.75) is 26.5 Å². The number of aryl methyl sites for hydroxylation is 2. The van der Waals surface area contributed by atoms with Gasteiger partial charge in [0.05, 0.1) is 24.0 Å². The first kappa shape index (κ1) is 21.6. The number of aromatic nitrogens is 3. The smallest absolute Gasteiger partial charge is 0.387 e. The highest BCUT2D eigenvalue weighted by molar-refractivity contribution is 7.16. The van der Waals surface area contributed by atoms with Crippen molar-refractivity contribution in [1.82, 2.24) is 14.8 Å². The Morgan fingerprint density at radius 3 is 2.69 bits per heavy atom. The zero-order valence-electron chi connectivity index (χ0n) is 16.9. The van der Waals surface area contributed by atoms with Gasteiger partial charge in [-0.3, -0.25) is 14.3 Å². The lowest BCUT2D eigenvalue weighted by Gasteiger charge is -2.08. The second-order valence-electron chi connectivity index (χ2n) is 6.87. The van der Waals surface area contributed by atoms with Crippen molar-refractivity contribution in [2.24, 2.45) is 0 Å². The Morgan fingerprint density at radius 2 is 1.94 bits per heavy atom. The van der Waals surface area contributed by atoms with Gasteiger partial charge in [0, 0.05) is 22.2 Å². The van der Waals surface area contributed by atoms with Crippen LogP contribution in [-0.4, -0.2) is 27.3 Å². The fraction of sp³-hybridized carbons (Fsp3) is 0.182. The van der Waals surface area contributed by atoms with Crippen LogP contribution in [0.3, 0.4) is 0 Å². The Balaban J connectivity index is 1.43. The number of carbonyl (C=O) groups excluding carboxylic acids is 1. The van der Waals surface area contributed by atoms with Gasteiger partial charge in [0.15, 0.2) is 5.13 Å². The van der Waals surface area contributed by atoms with E-state index in [1.54, 1.807) is 35.0 Å². The third-order valence-corrected chi connectivity index (χ3v) is 5.59. The molecule has 4 rings (SSSR count). The molecular weight excluding hydrogens is 438 g/mol. The molecule has 0 aliphatic rings. The Bertz CT molecular complexity index is 1320. The maximum Gasteiger partial charge on any atom is 0.387 e. The second kappa shape index (κ2) is 9.23. The van der Waals surface area contributed by atoms with E-state index >= 15 is 0 Å². The van der Waals surface area contributed by atoms with E-state index < -0.39 is 6.61 Å². The summed E-state index contributed by atoms with van der Waals surface area (Å²) in [5.74, 6) is -0.177. The van der Waals surface area contributed by atoms with E-state index in [4.69, 9.17) is 0 Å². The van der Waals surface area contributed by atoms with Crippen LogP contribution in [0, 0.1) is 6.92 Å². The van der Waals surface area contributed by atoms with Gasteiger partial charge in [-0.25, -0.2) is 4.98 Å². The van der Waals surface area contributed by atoms with Crippen LogP contribution in [0.5, 0.6) is 5.75 Å². The van der Waals surface area contributed by atoms with Crippen LogP contribution in [0.15, 0.2) is 59.5 Å². The summed E-state index contributed by atoms with van der Waals surface area (Å²) in [6, 6.07) is 13.3. The number of fused-ring (bicyclic) bond motifs is 1. The van der Waals surface area contributed by atoms with Crippen molar-refractivity contribution in [2.75, 3.05) is 5.32 Å². The molecule has 1 N–H and O–H groups in total. The molecule has 164 valence electrons. The number of para-hydroxylation sites is 1. The minimum atomic E-state index is -2.88. The van der Waals surface area contributed by atoms with Crippen molar-refractivity contribution < 1.29 is 18.3 Å². The molecule has 0 radical (unpaired) electrons. The topological polar surface area (TPSA) is 86.1 Å². The first-order valence-corrected chi connectivity index (χ1v) is 10.5. The Hall–Kier alpha value is -3.66. The summed E-state index contributed by atoms with van der Waals surface area (Å²) >= 11 is 1.32. The van der Waals surface area contributed by atoms with Gasteiger partial charge in [-0.05, 0) is 43.3 Å².